The highest BCUT2D eigenvalue weighted by Gasteiger charge is 2.16. The first-order chi connectivity index (χ1) is 17.7. The third-order valence-corrected chi connectivity index (χ3v) is 7.11. The Bertz CT molecular complexity index is 670. The number of aromatic carboxylic acids is 1. The predicted molar refractivity (Wildman–Crippen MR) is 151 cm³/mol. The van der Waals surface area contributed by atoms with E-state index in [1.807, 2.05) is 0 Å². The number of carbonyl (C=O) groups is 2. The summed E-state index contributed by atoms with van der Waals surface area (Å²) in [5.74, 6) is -1.65. The molecule has 0 bridgehead atoms. The van der Waals surface area contributed by atoms with Gasteiger partial charge in [-0.2, -0.15) is 0 Å². The molecule has 1 aromatic rings. The first-order valence-electron chi connectivity index (χ1n) is 15.2. The van der Waals surface area contributed by atoms with Gasteiger partial charge in [-0.05, 0) is 18.6 Å². The molecule has 0 radical (unpaired) electrons. The minimum absolute atomic E-state index is 0.00316. The largest absolute Gasteiger partial charge is 0.478 e. The first-order valence-corrected chi connectivity index (χ1v) is 15.2. The van der Waals surface area contributed by atoms with E-state index in [4.69, 9.17) is 9.84 Å². The van der Waals surface area contributed by atoms with Crippen LogP contribution in [0.25, 0.3) is 0 Å². The lowest BCUT2D eigenvalue weighted by molar-refractivity contribution is 0.0487. The van der Waals surface area contributed by atoms with Crippen LogP contribution in [0.2, 0.25) is 0 Å². The molecule has 0 aliphatic rings. The Hall–Kier alpha value is -1.84. The van der Waals surface area contributed by atoms with Gasteiger partial charge in [0.1, 0.15) is 0 Å². The number of esters is 1. The maximum atomic E-state index is 12.1. The number of unbranched alkanes of at least 4 members (excludes halogenated alkanes) is 21. The van der Waals surface area contributed by atoms with E-state index < -0.39 is 11.9 Å². The molecule has 0 saturated carbocycles. The lowest BCUT2D eigenvalue weighted by Gasteiger charge is -2.07. The zero-order valence-electron chi connectivity index (χ0n) is 23.2. The molecule has 0 unspecified atom stereocenters. The lowest BCUT2D eigenvalue weighted by Crippen LogP contribution is -2.12. The Labute approximate surface area is 221 Å². The maximum absolute atomic E-state index is 12.1. The van der Waals surface area contributed by atoms with E-state index in [-0.39, 0.29) is 11.1 Å². The van der Waals surface area contributed by atoms with E-state index in [1.54, 1.807) is 12.1 Å². The Morgan fingerprint density at radius 3 is 1.25 bits per heavy atom. The van der Waals surface area contributed by atoms with Crippen LogP contribution in [0, 0.1) is 0 Å². The average molecular weight is 503 g/mol. The van der Waals surface area contributed by atoms with Gasteiger partial charge in [0.05, 0.1) is 17.7 Å². The van der Waals surface area contributed by atoms with Crippen LogP contribution in [0.1, 0.15) is 169 Å². The van der Waals surface area contributed by atoms with Gasteiger partial charge in [0.15, 0.2) is 0 Å². The third kappa shape index (κ3) is 17.6. The van der Waals surface area contributed by atoms with Crippen molar-refractivity contribution < 1.29 is 19.4 Å². The summed E-state index contributed by atoms with van der Waals surface area (Å²) in [6, 6.07) is 6.20. The fourth-order valence-corrected chi connectivity index (χ4v) is 4.80. The maximum Gasteiger partial charge on any atom is 0.339 e. The van der Waals surface area contributed by atoms with Crippen molar-refractivity contribution >= 4 is 11.9 Å². The Kier molecular flexibility index (Phi) is 21.1. The Morgan fingerprint density at radius 2 is 0.889 bits per heavy atom. The van der Waals surface area contributed by atoms with E-state index >= 15 is 0 Å². The third-order valence-electron chi connectivity index (χ3n) is 7.11. The fourth-order valence-electron chi connectivity index (χ4n) is 4.80. The molecule has 0 fully saturated rings. The van der Waals surface area contributed by atoms with Gasteiger partial charge in [0.25, 0.3) is 0 Å². The molecule has 4 heteroatoms. The molecular weight excluding hydrogens is 448 g/mol. The predicted octanol–water partition coefficient (Wildman–Crippen LogP) is 10.1. The highest BCUT2D eigenvalue weighted by molar-refractivity contribution is 6.02. The van der Waals surface area contributed by atoms with Gasteiger partial charge < -0.3 is 9.84 Å². The molecule has 0 spiro atoms. The van der Waals surface area contributed by atoms with Crippen molar-refractivity contribution in [3.05, 3.63) is 35.4 Å². The van der Waals surface area contributed by atoms with Gasteiger partial charge in [0.2, 0.25) is 0 Å². The topological polar surface area (TPSA) is 63.6 Å². The lowest BCUT2D eigenvalue weighted by atomic mass is 10.0. The van der Waals surface area contributed by atoms with Gasteiger partial charge in [0, 0.05) is 0 Å². The molecule has 0 aliphatic carbocycles. The van der Waals surface area contributed by atoms with Crippen molar-refractivity contribution in [1.29, 1.82) is 0 Å². The van der Waals surface area contributed by atoms with Gasteiger partial charge in [-0.1, -0.05) is 154 Å². The summed E-state index contributed by atoms with van der Waals surface area (Å²) in [4.78, 5) is 23.3. The van der Waals surface area contributed by atoms with Crippen LogP contribution in [0.15, 0.2) is 24.3 Å². The summed E-state index contributed by atoms with van der Waals surface area (Å²) in [7, 11) is 0. The van der Waals surface area contributed by atoms with Crippen molar-refractivity contribution in [3.63, 3.8) is 0 Å². The van der Waals surface area contributed by atoms with E-state index in [1.165, 1.54) is 141 Å². The van der Waals surface area contributed by atoms with E-state index in [2.05, 4.69) is 6.92 Å². The van der Waals surface area contributed by atoms with Crippen LogP contribution in [-0.2, 0) is 4.74 Å². The standard InChI is InChI=1S/C32H54O4/c1-2-3-4-5-6-7-8-9-10-11-12-13-14-15-16-17-18-19-20-21-22-25-28-36-32(35)30-27-24-23-26-29(30)31(33)34/h23-24,26-27H,2-22,25,28H2,1H3,(H,33,34). The normalized spacial score (nSPS) is 11.0. The molecule has 0 atom stereocenters. The second kappa shape index (κ2) is 23.6. The van der Waals surface area contributed by atoms with Crippen LogP contribution in [-0.4, -0.2) is 23.7 Å². The summed E-state index contributed by atoms with van der Waals surface area (Å²) in [5, 5.41) is 9.16. The summed E-state index contributed by atoms with van der Waals surface area (Å²) in [6.45, 7) is 2.64. The Balaban J connectivity index is 1.79. The summed E-state index contributed by atoms with van der Waals surface area (Å²) in [5.41, 5.74) is 0.125. The van der Waals surface area contributed by atoms with E-state index in [0.29, 0.717) is 6.61 Å². The summed E-state index contributed by atoms with van der Waals surface area (Å²) < 4.78 is 5.26. The number of ether oxygens (including phenoxy) is 1. The van der Waals surface area contributed by atoms with Crippen molar-refractivity contribution in [2.24, 2.45) is 0 Å². The molecule has 1 aromatic carbocycles. The van der Waals surface area contributed by atoms with Crippen LogP contribution in [0.3, 0.4) is 0 Å². The van der Waals surface area contributed by atoms with Crippen LogP contribution < -0.4 is 0 Å². The van der Waals surface area contributed by atoms with Crippen LogP contribution >= 0.6 is 0 Å². The number of carboxylic acid groups (broad SMARTS) is 1. The number of benzene rings is 1. The molecular formula is C32H54O4. The molecule has 206 valence electrons. The smallest absolute Gasteiger partial charge is 0.339 e. The van der Waals surface area contributed by atoms with Crippen molar-refractivity contribution in [1.82, 2.24) is 0 Å². The molecule has 4 nitrogen and oxygen atoms in total. The second-order valence-corrected chi connectivity index (χ2v) is 10.4. The molecule has 1 rings (SSSR count). The fraction of sp³-hybridized carbons (Fsp3) is 0.750. The van der Waals surface area contributed by atoms with E-state index in [0.717, 1.165) is 12.8 Å². The molecule has 1 N–H and O–H groups in total. The molecule has 0 aliphatic heterocycles. The van der Waals surface area contributed by atoms with Crippen molar-refractivity contribution in [2.45, 2.75) is 148 Å². The molecule has 0 saturated heterocycles. The quantitative estimate of drug-likeness (QED) is 0.107. The van der Waals surface area contributed by atoms with Crippen LogP contribution in [0.5, 0.6) is 0 Å². The molecule has 0 amide bonds. The monoisotopic (exact) mass is 502 g/mol. The minimum Gasteiger partial charge on any atom is -0.478 e. The molecule has 0 heterocycles. The second-order valence-electron chi connectivity index (χ2n) is 10.4. The van der Waals surface area contributed by atoms with Gasteiger partial charge >= 0.3 is 11.9 Å². The van der Waals surface area contributed by atoms with Crippen molar-refractivity contribution in [2.75, 3.05) is 6.61 Å². The van der Waals surface area contributed by atoms with Crippen LogP contribution in [0.4, 0.5) is 0 Å². The number of hydrogen-bond donors (Lipinski definition) is 1. The SMILES string of the molecule is CCCCCCCCCCCCCCCCCCCCCCCCOC(=O)c1ccccc1C(=O)O. The molecule has 0 aromatic heterocycles. The number of carbonyl (C=O) groups excluding carboxylic acids is 1. The van der Waals surface area contributed by atoms with Gasteiger partial charge in [-0.15, -0.1) is 0 Å². The highest BCUT2D eigenvalue weighted by atomic mass is 16.5. The van der Waals surface area contributed by atoms with Gasteiger partial charge in [-0.3, -0.25) is 0 Å². The minimum atomic E-state index is -1.10. The first kappa shape index (κ1) is 32.2. The molecule has 36 heavy (non-hydrogen) atoms. The summed E-state index contributed by atoms with van der Waals surface area (Å²) in [6.07, 6.45) is 29.6. The van der Waals surface area contributed by atoms with Crippen molar-refractivity contribution in [3.8, 4) is 0 Å². The highest BCUT2D eigenvalue weighted by Crippen LogP contribution is 2.16. The number of hydrogen-bond acceptors (Lipinski definition) is 3. The summed E-state index contributed by atoms with van der Waals surface area (Å²) >= 11 is 0. The number of carboxylic acids is 1. The van der Waals surface area contributed by atoms with E-state index in [9.17, 15) is 9.59 Å². The zero-order valence-corrected chi connectivity index (χ0v) is 23.2. The van der Waals surface area contributed by atoms with Gasteiger partial charge in [-0.25, -0.2) is 9.59 Å². The number of rotatable bonds is 25. The zero-order chi connectivity index (χ0) is 26.1. The Morgan fingerprint density at radius 1 is 0.556 bits per heavy atom. The average Bonchev–Trinajstić information content (AvgIpc) is 2.89.